The fourth-order valence-electron chi connectivity index (χ4n) is 3.84. The third-order valence-corrected chi connectivity index (χ3v) is 6.13. The van der Waals surface area contributed by atoms with Crippen LogP contribution in [-0.2, 0) is 4.74 Å². The molecule has 0 aliphatic carbocycles. The summed E-state index contributed by atoms with van der Waals surface area (Å²) in [6, 6.07) is 11.4. The van der Waals surface area contributed by atoms with E-state index in [1.807, 2.05) is 46.7 Å². The van der Waals surface area contributed by atoms with Crippen molar-refractivity contribution in [1.82, 2.24) is 10.2 Å². The molecule has 0 radical (unpaired) electrons. The number of piperidine rings is 1. The fourth-order valence-corrected chi connectivity index (χ4v) is 4.54. The maximum Gasteiger partial charge on any atom is 0.263 e. The average Bonchev–Trinajstić information content (AvgIpc) is 3.29. The molecule has 2 aliphatic heterocycles. The number of amides is 2. The van der Waals surface area contributed by atoms with E-state index in [0.717, 1.165) is 43.0 Å². The highest BCUT2D eigenvalue weighted by atomic mass is 32.1. The largest absolute Gasteiger partial charge is 0.378 e. The van der Waals surface area contributed by atoms with Gasteiger partial charge >= 0.3 is 0 Å². The van der Waals surface area contributed by atoms with Crippen LogP contribution in [0.2, 0.25) is 0 Å². The van der Waals surface area contributed by atoms with Gasteiger partial charge in [-0.3, -0.25) is 9.59 Å². The first-order valence-corrected chi connectivity index (χ1v) is 10.7. The summed E-state index contributed by atoms with van der Waals surface area (Å²) in [6.07, 6.45) is 1.78. The minimum absolute atomic E-state index is 0.0251. The summed E-state index contributed by atoms with van der Waals surface area (Å²) in [5.41, 5.74) is 1.64. The minimum atomic E-state index is -0.0717. The van der Waals surface area contributed by atoms with Gasteiger partial charge in [0.15, 0.2) is 0 Å². The van der Waals surface area contributed by atoms with Crippen molar-refractivity contribution in [2.45, 2.75) is 18.9 Å². The van der Waals surface area contributed by atoms with E-state index in [0.29, 0.717) is 25.3 Å². The van der Waals surface area contributed by atoms with Gasteiger partial charge in [-0.1, -0.05) is 18.2 Å². The van der Waals surface area contributed by atoms with E-state index in [1.165, 1.54) is 11.3 Å². The van der Waals surface area contributed by atoms with Crippen LogP contribution in [0.25, 0.3) is 0 Å². The van der Waals surface area contributed by atoms with E-state index < -0.39 is 0 Å². The Morgan fingerprint density at radius 3 is 2.68 bits per heavy atom. The van der Waals surface area contributed by atoms with Gasteiger partial charge < -0.3 is 19.9 Å². The summed E-state index contributed by atoms with van der Waals surface area (Å²) in [6.45, 7) is 4.24. The summed E-state index contributed by atoms with van der Waals surface area (Å²) in [7, 11) is 0. The predicted octanol–water partition coefficient (Wildman–Crippen LogP) is 2.62. The molecule has 2 aliphatic rings. The summed E-state index contributed by atoms with van der Waals surface area (Å²) in [5.74, 6) is -0.0137. The molecular weight excluding hydrogens is 374 g/mol. The van der Waals surface area contributed by atoms with Crippen molar-refractivity contribution >= 4 is 28.8 Å². The number of anilines is 1. The van der Waals surface area contributed by atoms with Crippen LogP contribution in [0, 0.1) is 0 Å². The Morgan fingerprint density at radius 2 is 1.89 bits per heavy atom. The number of rotatable bonds is 4. The van der Waals surface area contributed by atoms with Crippen molar-refractivity contribution in [3.05, 3.63) is 52.2 Å². The Bertz CT molecular complexity index is 818. The second-order valence-electron chi connectivity index (χ2n) is 7.16. The third-order valence-electron chi connectivity index (χ3n) is 5.28. The molecule has 1 aromatic heterocycles. The highest BCUT2D eigenvalue weighted by molar-refractivity contribution is 7.12. The maximum absolute atomic E-state index is 13.0. The number of para-hydroxylation sites is 1. The Labute approximate surface area is 169 Å². The van der Waals surface area contributed by atoms with Crippen molar-refractivity contribution in [2.75, 3.05) is 44.3 Å². The lowest BCUT2D eigenvalue weighted by Gasteiger charge is -2.34. The first kappa shape index (κ1) is 19.0. The normalized spacial score (nSPS) is 20.1. The van der Waals surface area contributed by atoms with Gasteiger partial charge in [0.25, 0.3) is 11.8 Å². The van der Waals surface area contributed by atoms with Gasteiger partial charge in [-0.2, -0.15) is 0 Å². The number of hydrogen-bond donors (Lipinski definition) is 1. The number of carbonyl (C=O) groups is 2. The molecule has 1 unspecified atom stereocenters. The molecule has 1 N–H and O–H groups in total. The van der Waals surface area contributed by atoms with Gasteiger partial charge in [-0.25, -0.2) is 0 Å². The maximum atomic E-state index is 13.0. The highest BCUT2D eigenvalue weighted by Gasteiger charge is 2.27. The van der Waals surface area contributed by atoms with Gasteiger partial charge in [0.2, 0.25) is 0 Å². The molecule has 3 heterocycles. The molecule has 2 fully saturated rings. The first-order valence-electron chi connectivity index (χ1n) is 9.78. The van der Waals surface area contributed by atoms with Crippen LogP contribution < -0.4 is 10.2 Å². The molecular formula is C21H25N3O3S. The predicted molar refractivity (Wildman–Crippen MR) is 110 cm³/mol. The van der Waals surface area contributed by atoms with E-state index in [-0.39, 0.29) is 17.9 Å². The van der Waals surface area contributed by atoms with E-state index in [1.54, 1.807) is 0 Å². The molecule has 148 valence electrons. The Morgan fingerprint density at radius 1 is 1.07 bits per heavy atom. The second-order valence-corrected chi connectivity index (χ2v) is 8.11. The highest BCUT2D eigenvalue weighted by Crippen LogP contribution is 2.22. The molecule has 0 spiro atoms. The number of hydrogen-bond acceptors (Lipinski definition) is 5. The lowest BCUT2D eigenvalue weighted by Crippen LogP contribution is -2.49. The summed E-state index contributed by atoms with van der Waals surface area (Å²) in [4.78, 5) is 30.4. The molecule has 2 amide bonds. The van der Waals surface area contributed by atoms with Crippen molar-refractivity contribution < 1.29 is 14.3 Å². The van der Waals surface area contributed by atoms with Crippen LogP contribution in [0.3, 0.4) is 0 Å². The first-order chi connectivity index (χ1) is 13.7. The van der Waals surface area contributed by atoms with Crippen LogP contribution in [-0.4, -0.2) is 62.1 Å². The Balaban J connectivity index is 1.43. The number of benzene rings is 1. The van der Waals surface area contributed by atoms with Crippen LogP contribution in [0.4, 0.5) is 5.69 Å². The van der Waals surface area contributed by atoms with Crippen molar-refractivity contribution in [3.8, 4) is 0 Å². The SMILES string of the molecule is O=C(NC1CCCN(C(=O)c2cccs2)C1)c1ccccc1N1CCOCC1. The fraction of sp³-hybridized carbons (Fsp3) is 0.429. The topological polar surface area (TPSA) is 61.9 Å². The summed E-state index contributed by atoms with van der Waals surface area (Å²) >= 11 is 1.46. The van der Waals surface area contributed by atoms with Crippen molar-refractivity contribution in [3.63, 3.8) is 0 Å². The average molecular weight is 400 g/mol. The molecule has 1 aromatic carbocycles. The zero-order chi connectivity index (χ0) is 19.3. The number of morpholine rings is 1. The molecule has 7 heteroatoms. The molecule has 2 saturated heterocycles. The zero-order valence-corrected chi connectivity index (χ0v) is 16.6. The molecule has 2 aromatic rings. The van der Waals surface area contributed by atoms with Crippen LogP contribution >= 0.6 is 11.3 Å². The molecule has 1 atom stereocenters. The van der Waals surface area contributed by atoms with Gasteiger partial charge in [-0.15, -0.1) is 11.3 Å². The summed E-state index contributed by atoms with van der Waals surface area (Å²) < 4.78 is 5.43. The molecule has 4 rings (SSSR count). The second kappa shape index (κ2) is 8.75. The number of likely N-dealkylation sites (tertiary alicyclic amines) is 1. The third kappa shape index (κ3) is 4.20. The standard InChI is InChI=1S/C21H25N3O3S/c25-20(17-6-1-2-7-18(17)23-10-12-27-13-11-23)22-16-5-3-9-24(15-16)21(26)19-8-4-14-28-19/h1-2,4,6-8,14,16H,3,5,9-13,15H2,(H,22,25). The summed E-state index contributed by atoms with van der Waals surface area (Å²) in [5, 5.41) is 5.07. The number of carbonyl (C=O) groups excluding carboxylic acids is 2. The van der Waals surface area contributed by atoms with Crippen molar-refractivity contribution in [1.29, 1.82) is 0 Å². The quantitative estimate of drug-likeness (QED) is 0.859. The Hall–Kier alpha value is -2.38. The van der Waals surface area contributed by atoms with Gasteiger partial charge in [0.1, 0.15) is 0 Å². The minimum Gasteiger partial charge on any atom is -0.378 e. The van der Waals surface area contributed by atoms with Gasteiger partial charge in [-0.05, 0) is 36.4 Å². The molecule has 6 nitrogen and oxygen atoms in total. The number of nitrogens with zero attached hydrogens (tertiary/aromatic N) is 2. The zero-order valence-electron chi connectivity index (χ0n) is 15.8. The smallest absolute Gasteiger partial charge is 0.263 e. The van der Waals surface area contributed by atoms with Crippen molar-refractivity contribution in [2.24, 2.45) is 0 Å². The van der Waals surface area contributed by atoms with Gasteiger partial charge in [0.05, 0.1) is 23.7 Å². The number of thiophene rings is 1. The lowest BCUT2D eigenvalue weighted by atomic mass is 10.0. The Kier molecular flexibility index (Phi) is 5.92. The van der Waals surface area contributed by atoms with E-state index in [9.17, 15) is 9.59 Å². The molecule has 0 bridgehead atoms. The molecule has 28 heavy (non-hydrogen) atoms. The molecule has 0 saturated carbocycles. The lowest BCUT2D eigenvalue weighted by molar-refractivity contribution is 0.0680. The van der Waals surface area contributed by atoms with E-state index in [2.05, 4.69) is 10.2 Å². The number of nitrogens with one attached hydrogen (secondary N) is 1. The number of ether oxygens (including phenoxy) is 1. The monoisotopic (exact) mass is 399 g/mol. The van der Waals surface area contributed by atoms with Crippen LogP contribution in [0.5, 0.6) is 0 Å². The van der Waals surface area contributed by atoms with Gasteiger partial charge in [0, 0.05) is 37.9 Å². The van der Waals surface area contributed by atoms with E-state index in [4.69, 9.17) is 4.74 Å². The van der Waals surface area contributed by atoms with Crippen LogP contribution in [0.1, 0.15) is 32.9 Å². The van der Waals surface area contributed by atoms with E-state index >= 15 is 0 Å². The van der Waals surface area contributed by atoms with Crippen LogP contribution in [0.15, 0.2) is 41.8 Å².